The van der Waals surface area contributed by atoms with Crippen LogP contribution in [0.15, 0.2) is 78.3 Å². The highest BCUT2D eigenvalue weighted by Crippen LogP contribution is 2.28. The molecule has 3 N–H and O–H groups in total. The minimum Gasteiger partial charge on any atom is -0.366 e. The van der Waals surface area contributed by atoms with E-state index in [4.69, 9.17) is 5.73 Å². The number of nitrogens with zero attached hydrogens (tertiary/aromatic N) is 2. The van der Waals surface area contributed by atoms with Gasteiger partial charge >= 0.3 is 0 Å². The summed E-state index contributed by atoms with van der Waals surface area (Å²) < 4.78 is 1.69. The summed E-state index contributed by atoms with van der Waals surface area (Å²) in [6.07, 6.45) is 1.72. The van der Waals surface area contributed by atoms with Crippen LogP contribution in [-0.2, 0) is 0 Å². The number of amides is 2. The van der Waals surface area contributed by atoms with E-state index in [1.54, 1.807) is 35.1 Å². The molecule has 138 valence electrons. The molecular weight excluding hydrogens is 372 g/mol. The molecule has 7 heteroatoms. The Morgan fingerprint density at radius 3 is 2.36 bits per heavy atom. The van der Waals surface area contributed by atoms with Gasteiger partial charge in [-0.25, -0.2) is 4.68 Å². The lowest BCUT2D eigenvalue weighted by atomic mass is 10.1. The summed E-state index contributed by atoms with van der Waals surface area (Å²) in [6, 6.07) is 19.9. The first-order valence-corrected chi connectivity index (χ1v) is 9.40. The summed E-state index contributed by atoms with van der Waals surface area (Å²) in [5.41, 5.74) is 8.15. The Bertz CT molecular complexity index is 1120. The largest absolute Gasteiger partial charge is 0.366 e. The van der Waals surface area contributed by atoms with E-state index >= 15 is 0 Å². The van der Waals surface area contributed by atoms with Crippen molar-refractivity contribution in [2.24, 2.45) is 5.73 Å². The number of primary amides is 1. The first kappa shape index (κ1) is 17.7. The Morgan fingerprint density at radius 2 is 1.71 bits per heavy atom. The van der Waals surface area contributed by atoms with Crippen LogP contribution < -0.4 is 11.1 Å². The summed E-state index contributed by atoms with van der Waals surface area (Å²) in [5, 5.41) is 9.43. The predicted octanol–water partition coefficient (Wildman–Crippen LogP) is 3.95. The van der Waals surface area contributed by atoms with Crippen LogP contribution in [-0.4, -0.2) is 21.6 Å². The third-order valence-corrected chi connectivity index (χ3v) is 5.04. The molecule has 4 rings (SSSR count). The molecule has 0 saturated heterocycles. The monoisotopic (exact) mass is 388 g/mol. The van der Waals surface area contributed by atoms with Crippen LogP contribution >= 0.6 is 11.3 Å². The third kappa shape index (κ3) is 3.56. The van der Waals surface area contributed by atoms with Gasteiger partial charge in [-0.1, -0.05) is 24.3 Å². The molecular formula is C21H16N4O2S. The molecule has 0 saturated carbocycles. The number of hydrogen-bond donors (Lipinski definition) is 2. The summed E-state index contributed by atoms with van der Waals surface area (Å²) >= 11 is 1.52. The number of nitrogens with two attached hydrogens (primary N) is 1. The van der Waals surface area contributed by atoms with Crippen LogP contribution in [0.2, 0.25) is 0 Å². The van der Waals surface area contributed by atoms with Crippen LogP contribution in [0.5, 0.6) is 0 Å². The molecule has 0 aliphatic carbocycles. The van der Waals surface area contributed by atoms with Crippen molar-refractivity contribution in [1.82, 2.24) is 9.78 Å². The summed E-state index contributed by atoms with van der Waals surface area (Å²) in [6.45, 7) is 0. The second kappa shape index (κ2) is 7.50. The first-order chi connectivity index (χ1) is 13.6. The maximum absolute atomic E-state index is 12.9. The normalized spacial score (nSPS) is 10.6. The molecule has 0 radical (unpaired) electrons. The van der Waals surface area contributed by atoms with E-state index in [2.05, 4.69) is 10.4 Å². The van der Waals surface area contributed by atoms with E-state index in [0.29, 0.717) is 22.5 Å². The molecule has 0 bridgehead atoms. The van der Waals surface area contributed by atoms with Gasteiger partial charge in [-0.15, -0.1) is 11.3 Å². The molecule has 0 aliphatic rings. The van der Waals surface area contributed by atoms with Gasteiger partial charge in [0.2, 0.25) is 5.91 Å². The fourth-order valence-electron chi connectivity index (χ4n) is 2.76. The van der Waals surface area contributed by atoms with E-state index in [0.717, 1.165) is 10.6 Å². The first-order valence-electron chi connectivity index (χ1n) is 8.52. The van der Waals surface area contributed by atoms with E-state index in [1.165, 1.54) is 11.3 Å². The zero-order chi connectivity index (χ0) is 19.5. The number of thiophene rings is 1. The molecule has 0 atom stereocenters. The van der Waals surface area contributed by atoms with E-state index in [-0.39, 0.29) is 5.91 Å². The minimum absolute atomic E-state index is 0.280. The van der Waals surface area contributed by atoms with Crippen LogP contribution in [0.25, 0.3) is 16.3 Å². The second-order valence-electron chi connectivity index (χ2n) is 6.04. The zero-order valence-electron chi connectivity index (χ0n) is 14.7. The van der Waals surface area contributed by atoms with E-state index in [1.807, 2.05) is 47.8 Å². The number of aromatic nitrogens is 2. The van der Waals surface area contributed by atoms with E-state index < -0.39 is 5.91 Å². The summed E-state index contributed by atoms with van der Waals surface area (Å²) in [4.78, 5) is 25.0. The molecule has 0 unspecified atom stereocenters. The molecule has 2 amide bonds. The number of benzene rings is 2. The maximum atomic E-state index is 12.9. The molecule has 2 aromatic heterocycles. The number of rotatable bonds is 5. The average molecular weight is 388 g/mol. The van der Waals surface area contributed by atoms with Crippen molar-refractivity contribution in [2.75, 3.05) is 5.32 Å². The smallest absolute Gasteiger partial charge is 0.259 e. The minimum atomic E-state index is -0.512. The number of carbonyl (C=O) groups excluding carboxylic acids is 2. The number of carbonyl (C=O) groups is 2. The Morgan fingerprint density at radius 1 is 0.964 bits per heavy atom. The fourth-order valence-corrected chi connectivity index (χ4v) is 3.49. The molecule has 28 heavy (non-hydrogen) atoms. The molecule has 2 aromatic carbocycles. The standard InChI is InChI=1S/C21H16N4O2S/c22-20(26)14-8-10-15(11-9-14)23-21(27)17-13-25(16-5-2-1-3-6-16)24-19(17)18-7-4-12-28-18/h1-13H,(H2,22,26)(H,23,27). The lowest BCUT2D eigenvalue weighted by Crippen LogP contribution is -2.13. The van der Waals surface area contributed by atoms with Gasteiger partial charge in [0.05, 0.1) is 16.1 Å². The van der Waals surface area contributed by atoms with Crippen LogP contribution in [0, 0.1) is 0 Å². The maximum Gasteiger partial charge on any atom is 0.259 e. The Labute approximate surface area is 165 Å². The molecule has 0 aliphatic heterocycles. The lowest BCUT2D eigenvalue weighted by Gasteiger charge is -2.05. The number of hydrogen-bond acceptors (Lipinski definition) is 4. The van der Waals surface area contributed by atoms with E-state index in [9.17, 15) is 9.59 Å². The van der Waals surface area contributed by atoms with Gasteiger partial charge in [0, 0.05) is 17.4 Å². The number of para-hydroxylation sites is 1. The Balaban J connectivity index is 1.68. The highest BCUT2D eigenvalue weighted by molar-refractivity contribution is 7.13. The highest BCUT2D eigenvalue weighted by Gasteiger charge is 2.19. The van der Waals surface area contributed by atoms with Crippen LogP contribution in [0.3, 0.4) is 0 Å². The zero-order valence-corrected chi connectivity index (χ0v) is 15.5. The van der Waals surface area contributed by atoms with Gasteiger partial charge in [0.25, 0.3) is 5.91 Å². The average Bonchev–Trinajstić information content (AvgIpc) is 3.39. The Kier molecular flexibility index (Phi) is 4.74. The molecule has 0 fully saturated rings. The van der Waals surface area contributed by atoms with Crippen molar-refractivity contribution in [2.45, 2.75) is 0 Å². The van der Waals surface area contributed by atoms with Crippen molar-refractivity contribution >= 4 is 28.8 Å². The molecule has 4 aromatic rings. The van der Waals surface area contributed by atoms with Crippen LogP contribution in [0.1, 0.15) is 20.7 Å². The molecule has 6 nitrogen and oxygen atoms in total. The third-order valence-electron chi connectivity index (χ3n) is 4.16. The van der Waals surface area contributed by atoms with Gasteiger partial charge in [0.15, 0.2) is 0 Å². The summed E-state index contributed by atoms with van der Waals surface area (Å²) in [5.74, 6) is -0.792. The van der Waals surface area contributed by atoms with Crippen LogP contribution in [0.4, 0.5) is 5.69 Å². The SMILES string of the molecule is NC(=O)c1ccc(NC(=O)c2cn(-c3ccccc3)nc2-c2cccs2)cc1. The van der Waals surface area contributed by atoms with Crippen molar-refractivity contribution in [3.8, 4) is 16.3 Å². The molecule has 2 heterocycles. The van der Waals surface area contributed by atoms with Crippen molar-refractivity contribution in [3.63, 3.8) is 0 Å². The van der Waals surface area contributed by atoms with Crippen molar-refractivity contribution in [3.05, 3.63) is 89.4 Å². The fraction of sp³-hybridized carbons (Fsp3) is 0. The van der Waals surface area contributed by atoms with Gasteiger partial charge in [0.1, 0.15) is 5.69 Å². The van der Waals surface area contributed by atoms with Gasteiger partial charge in [-0.05, 0) is 47.8 Å². The second-order valence-corrected chi connectivity index (χ2v) is 6.99. The number of nitrogens with one attached hydrogen (secondary N) is 1. The quantitative estimate of drug-likeness (QED) is 0.542. The summed E-state index contributed by atoms with van der Waals surface area (Å²) in [7, 11) is 0. The Hall–Kier alpha value is -3.71. The topological polar surface area (TPSA) is 90.0 Å². The number of anilines is 1. The molecule has 0 spiro atoms. The highest BCUT2D eigenvalue weighted by atomic mass is 32.1. The van der Waals surface area contributed by atoms with Crippen molar-refractivity contribution < 1.29 is 9.59 Å². The van der Waals surface area contributed by atoms with Gasteiger partial charge < -0.3 is 11.1 Å². The van der Waals surface area contributed by atoms with Crippen molar-refractivity contribution in [1.29, 1.82) is 0 Å². The predicted molar refractivity (Wildman–Crippen MR) is 110 cm³/mol. The van der Waals surface area contributed by atoms with Gasteiger partial charge in [-0.3, -0.25) is 9.59 Å². The van der Waals surface area contributed by atoms with Gasteiger partial charge in [-0.2, -0.15) is 5.10 Å². The lowest BCUT2D eigenvalue weighted by molar-refractivity contribution is 0.0998.